The van der Waals surface area contributed by atoms with Gasteiger partial charge in [-0.25, -0.2) is 0 Å². The second-order valence-corrected chi connectivity index (χ2v) is 3.31. The predicted octanol–water partition coefficient (Wildman–Crippen LogP) is 2.09. The fourth-order valence-electron chi connectivity index (χ4n) is 0.923. The molecule has 0 aromatic heterocycles. The molecule has 0 bridgehead atoms. The Morgan fingerprint density at radius 3 is 2.57 bits per heavy atom. The van der Waals surface area contributed by atoms with Gasteiger partial charge < -0.3 is 5.32 Å². The highest BCUT2D eigenvalue weighted by atomic mass is 35.5. The van der Waals surface area contributed by atoms with Crippen LogP contribution in [0.4, 0.5) is 0 Å². The lowest BCUT2D eigenvalue weighted by atomic mass is 10.2. The van der Waals surface area contributed by atoms with E-state index >= 15 is 0 Å². The first kappa shape index (κ1) is 10.6. The van der Waals surface area contributed by atoms with Gasteiger partial charge in [-0.05, 0) is 31.2 Å². The summed E-state index contributed by atoms with van der Waals surface area (Å²) in [5, 5.41) is 3.25. The van der Waals surface area contributed by atoms with Crippen molar-refractivity contribution in [2.45, 2.75) is 13.0 Å². The summed E-state index contributed by atoms with van der Waals surface area (Å²) in [6, 6.07) is 6.37. The molecule has 14 heavy (non-hydrogen) atoms. The Labute approximate surface area is 88.3 Å². The molecule has 3 heteroatoms. The number of benzene rings is 1. The normalized spacial score (nSPS) is 11.5. The molecule has 0 heterocycles. The van der Waals surface area contributed by atoms with Crippen LogP contribution in [0.25, 0.3) is 0 Å². The van der Waals surface area contributed by atoms with E-state index in [1.54, 1.807) is 31.2 Å². The fourth-order valence-corrected chi connectivity index (χ4v) is 1.05. The van der Waals surface area contributed by atoms with Crippen molar-refractivity contribution in [1.29, 1.82) is 0 Å². The summed E-state index contributed by atoms with van der Waals surface area (Å²) in [7, 11) is 0. The number of nitrogens with one attached hydrogen (secondary N) is 1. The summed E-state index contributed by atoms with van der Waals surface area (Å²) in [6.07, 6.45) is 5.14. The van der Waals surface area contributed by atoms with Crippen LogP contribution < -0.4 is 5.32 Å². The molecule has 1 aromatic rings. The van der Waals surface area contributed by atoms with Crippen molar-refractivity contribution < 1.29 is 4.79 Å². The molecule has 1 N–H and O–H groups in total. The van der Waals surface area contributed by atoms with E-state index in [9.17, 15) is 4.79 Å². The number of terminal acetylenes is 1. The quantitative estimate of drug-likeness (QED) is 0.740. The molecule has 0 fully saturated rings. The van der Waals surface area contributed by atoms with Gasteiger partial charge in [0.25, 0.3) is 5.91 Å². The molecule has 0 aliphatic rings. The Bertz CT molecular complexity index is 364. The number of carbonyl (C=O) groups is 1. The molecule has 1 rings (SSSR count). The number of halogens is 1. The largest absolute Gasteiger partial charge is 0.339 e. The van der Waals surface area contributed by atoms with E-state index in [1.165, 1.54) is 0 Å². The van der Waals surface area contributed by atoms with Gasteiger partial charge in [-0.2, -0.15) is 0 Å². The van der Waals surface area contributed by atoms with Crippen molar-refractivity contribution >= 4 is 17.5 Å². The standard InChI is InChI=1S/C11H10ClNO/c1-3-8(2)13-11(14)9-4-6-10(12)7-5-9/h1,4-8H,2H3,(H,13,14). The van der Waals surface area contributed by atoms with Gasteiger partial charge in [0.2, 0.25) is 0 Å². The molecule has 1 amide bonds. The van der Waals surface area contributed by atoms with E-state index in [2.05, 4.69) is 11.2 Å². The van der Waals surface area contributed by atoms with Crippen molar-refractivity contribution in [3.8, 4) is 12.3 Å². The number of amides is 1. The molecular weight excluding hydrogens is 198 g/mol. The Morgan fingerprint density at radius 2 is 2.07 bits per heavy atom. The summed E-state index contributed by atoms with van der Waals surface area (Å²) in [4.78, 5) is 11.5. The minimum atomic E-state index is -0.266. The zero-order valence-electron chi connectivity index (χ0n) is 7.75. The van der Waals surface area contributed by atoms with E-state index < -0.39 is 0 Å². The molecule has 0 radical (unpaired) electrons. The van der Waals surface area contributed by atoms with Gasteiger partial charge in [0.05, 0.1) is 6.04 Å². The van der Waals surface area contributed by atoms with Crippen molar-refractivity contribution in [1.82, 2.24) is 5.32 Å². The second-order valence-electron chi connectivity index (χ2n) is 2.87. The highest BCUT2D eigenvalue weighted by molar-refractivity contribution is 6.30. The number of carbonyl (C=O) groups excluding carboxylic acids is 1. The third-order valence-electron chi connectivity index (χ3n) is 1.70. The first-order valence-corrected chi connectivity index (χ1v) is 4.54. The first-order chi connectivity index (χ1) is 6.63. The molecule has 2 nitrogen and oxygen atoms in total. The van der Waals surface area contributed by atoms with Gasteiger partial charge in [0.1, 0.15) is 0 Å². The van der Waals surface area contributed by atoms with Crippen LogP contribution in [0.1, 0.15) is 17.3 Å². The smallest absolute Gasteiger partial charge is 0.252 e. The van der Waals surface area contributed by atoms with Gasteiger partial charge in [0, 0.05) is 10.6 Å². The molecule has 0 saturated carbocycles. The number of hydrogen-bond donors (Lipinski definition) is 1. The van der Waals surface area contributed by atoms with Crippen molar-refractivity contribution in [3.05, 3.63) is 34.9 Å². The first-order valence-electron chi connectivity index (χ1n) is 4.16. The van der Waals surface area contributed by atoms with Crippen molar-refractivity contribution in [3.63, 3.8) is 0 Å². The van der Waals surface area contributed by atoms with E-state index in [1.807, 2.05) is 0 Å². The van der Waals surface area contributed by atoms with Crippen LogP contribution in [0, 0.1) is 12.3 Å². The van der Waals surface area contributed by atoms with Gasteiger partial charge in [-0.15, -0.1) is 6.42 Å². The average Bonchev–Trinajstić information content (AvgIpc) is 2.18. The van der Waals surface area contributed by atoms with Crippen LogP contribution >= 0.6 is 11.6 Å². The Balaban J connectivity index is 2.71. The maximum absolute atomic E-state index is 11.5. The van der Waals surface area contributed by atoms with Crippen LogP contribution in [0.2, 0.25) is 5.02 Å². The van der Waals surface area contributed by atoms with E-state index in [0.29, 0.717) is 10.6 Å². The van der Waals surface area contributed by atoms with Crippen molar-refractivity contribution in [2.75, 3.05) is 0 Å². The monoisotopic (exact) mass is 207 g/mol. The summed E-state index contributed by atoms with van der Waals surface area (Å²) in [6.45, 7) is 1.74. The third kappa shape index (κ3) is 2.79. The minimum Gasteiger partial charge on any atom is -0.339 e. The summed E-state index contributed by atoms with van der Waals surface area (Å²) < 4.78 is 0. The SMILES string of the molecule is C#CC(C)NC(=O)c1ccc(Cl)cc1. The molecule has 0 aliphatic carbocycles. The van der Waals surface area contributed by atoms with E-state index in [-0.39, 0.29) is 11.9 Å². The van der Waals surface area contributed by atoms with Crippen LogP contribution in [0.15, 0.2) is 24.3 Å². The average molecular weight is 208 g/mol. The van der Waals surface area contributed by atoms with Gasteiger partial charge >= 0.3 is 0 Å². The molecule has 0 saturated heterocycles. The topological polar surface area (TPSA) is 29.1 Å². The van der Waals surface area contributed by atoms with E-state index in [0.717, 1.165) is 0 Å². The maximum atomic E-state index is 11.5. The summed E-state index contributed by atoms with van der Waals surface area (Å²) >= 11 is 5.69. The zero-order valence-corrected chi connectivity index (χ0v) is 8.51. The third-order valence-corrected chi connectivity index (χ3v) is 1.96. The van der Waals surface area contributed by atoms with Crippen LogP contribution in [-0.2, 0) is 0 Å². The zero-order chi connectivity index (χ0) is 10.6. The van der Waals surface area contributed by atoms with Gasteiger partial charge in [-0.3, -0.25) is 4.79 Å². The fraction of sp³-hybridized carbons (Fsp3) is 0.182. The van der Waals surface area contributed by atoms with Crippen molar-refractivity contribution in [2.24, 2.45) is 0 Å². The molecule has 1 atom stereocenters. The molecule has 0 aliphatic heterocycles. The Hall–Kier alpha value is -1.46. The number of rotatable bonds is 2. The van der Waals surface area contributed by atoms with Gasteiger partial charge in [0.15, 0.2) is 0 Å². The van der Waals surface area contributed by atoms with Crippen LogP contribution in [0.3, 0.4) is 0 Å². The highest BCUT2D eigenvalue weighted by Crippen LogP contribution is 2.09. The molecule has 1 unspecified atom stereocenters. The molecule has 72 valence electrons. The van der Waals surface area contributed by atoms with Crippen LogP contribution in [-0.4, -0.2) is 11.9 Å². The van der Waals surface area contributed by atoms with Crippen LogP contribution in [0.5, 0.6) is 0 Å². The maximum Gasteiger partial charge on any atom is 0.252 e. The summed E-state index contributed by atoms with van der Waals surface area (Å²) in [5.74, 6) is 2.23. The second kappa shape index (κ2) is 4.69. The molecule has 1 aromatic carbocycles. The molecular formula is C11H10ClNO. The Morgan fingerprint density at radius 1 is 1.50 bits per heavy atom. The lowest BCUT2D eigenvalue weighted by Crippen LogP contribution is -2.31. The summed E-state index contributed by atoms with van der Waals surface area (Å²) in [5.41, 5.74) is 0.552. The van der Waals surface area contributed by atoms with E-state index in [4.69, 9.17) is 18.0 Å². The lowest BCUT2D eigenvalue weighted by molar-refractivity contribution is 0.0948. The minimum absolute atomic E-state index is 0.188. The highest BCUT2D eigenvalue weighted by Gasteiger charge is 2.06. The van der Waals surface area contributed by atoms with Gasteiger partial charge in [-0.1, -0.05) is 17.5 Å². The number of hydrogen-bond acceptors (Lipinski definition) is 1. The predicted molar refractivity (Wildman–Crippen MR) is 57.2 cm³/mol. The lowest BCUT2D eigenvalue weighted by Gasteiger charge is -2.07. The molecule has 0 spiro atoms. The Kier molecular flexibility index (Phi) is 3.55.